The van der Waals surface area contributed by atoms with Crippen molar-refractivity contribution < 1.29 is 19.4 Å². The summed E-state index contributed by atoms with van der Waals surface area (Å²) in [7, 11) is 1.82. The Morgan fingerprint density at radius 3 is 2.43 bits per heavy atom. The number of carbonyl (C=O) groups excluding carboxylic acids is 1. The van der Waals surface area contributed by atoms with Gasteiger partial charge in [-0.2, -0.15) is 0 Å². The monoisotopic (exact) mass is 588 g/mol. The Bertz CT molecular complexity index is 1460. The number of aliphatic hydroxyl groups excluding tert-OH is 1. The maximum Gasteiger partial charge on any atom is 0.315 e. The average molecular weight is 589 g/mol. The van der Waals surface area contributed by atoms with Crippen LogP contribution in [0.4, 0.5) is 4.79 Å². The molecular weight excluding hydrogens is 552 g/mol. The lowest BCUT2D eigenvalue weighted by Gasteiger charge is -2.41. The fourth-order valence-electron chi connectivity index (χ4n) is 4.91. The Kier molecular flexibility index (Phi) is 9.85. The molecule has 5 rings (SSSR count). The van der Waals surface area contributed by atoms with Crippen LogP contribution in [0.2, 0.25) is 0 Å². The molecule has 1 aliphatic heterocycles. The van der Waals surface area contributed by atoms with Crippen molar-refractivity contribution in [1.82, 2.24) is 30.8 Å². The Labute approximate surface area is 249 Å². The van der Waals surface area contributed by atoms with Crippen LogP contribution < -0.4 is 10.6 Å². The minimum absolute atomic E-state index is 0.00193. The molecule has 0 saturated carbocycles. The predicted molar refractivity (Wildman–Crippen MR) is 160 cm³/mol. The molecule has 1 saturated heterocycles. The Balaban J connectivity index is 1.34. The molecule has 2 heterocycles. The van der Waals surface area contributed by atoms with E-state index in [-0.39, 0.29) is 30.8 Å². The van der Waals surface area contributed by atoms with Crippen molar-refractivity contribution in [3.63, 3.8) is 0 Å². The van der Waals surface area contributed by atoms with Gasteiger partial charge in [0.05, 0.1) is 18.8 Å². The highest BCUT2D eigenvalue weighted by Crippen LogP contribution is 2.43. The number of hydrogen-bond donors (Lipinski definition) is 3. The zero-order valence-electron chi connectivity index (χ0n) is 23.9. The molecule has 10 nitrogen and oxygen atoms in total. The summed E-state index contributed by atoms with van der Waals surface area (Å²) in [5.41, 5.74) is 5.95. The summed E-state index contributed by atoms with van der Waals surface area (Å²) in [6.45, 7) is 5.06. The lowest BCUT2D eigenvalue weighted by molar-refractivity contribution is -0.268. The van der Waals surface area contributed by atoms with Crippen molar-refractivity contribution in [1.29, 1.82) is 0 Å². The first kappa shape index (κ1) is 29.7. The first-order valence-corrected chi connectivity index (χ1v) is 15.0. The number of aliphatic hydroxyl groups is 1. The maximum atomic E-state index is 11.8. The van der Waals surface area contributed by atoms with E-state index in [2.05, 4.69) is 57.3 Å². The Hall–Kier alpha value is -3.77. The van der Waals surface area contributed by atoms with Crippen LogP contribution in [-0.4, -0.2) is 49.7 Å². The van der Waals surface area contributed by atoms with Crippen LogP contribution in [0.1, 0.15) is 48.5 Å². The van der Waals surface area contributed by atoms with Gasteiger partial charge in [0, 0.05) is 37.4 Å². The van der Waals surface area contributed by atoms with Crippen molar-refractivity contribution in [3.8, 4) is 11.1 Å². The van der Waals surface area contributed by atoms with Gasteiger partial charge in [-0.3, -0.25) is 0 Å². The SMILES string of the molecule is CCNC(=O)NCc1cccc(-c2ccc(C3OC(CSc4nnnn4C)C(C)C(c4ccc(CO)cc4)O3)cc2)c1. The standard InChI is InChI=1S/C31H36N6O4S/c1-4-32-30(39)33-17-22-6-5-7-26(16-22)23-12-14-25(15-13-23)29-40-27(19-42-31-34-35-36-37(31)3)20(2)28(41-29)24-10-8-21(18-38)9-11-24/h5-16,20,27-29,38H,4,17-19H2,1-3H3,(H2,32,33,39). The normalized spacial score (nSPS) is 20.3. The highest BCUT2D eigenvalue weighted by atomic mass is 32.2. The number of carbonyl (C=O) groups is 1. The number of nitrogens with zero attached hydrogens (tertiary/aromatic N) is 4. The van der Waals surface area contributed by atoms with Gasteiger partial charge in [-0.1, -0.05) is 85.4 Å². The number of urea groups is 1. The summed E-state index contributed by atoms with van der Waals surface area (Å²) < 4.78 is 14.8. The van der Waals surface area contributed by atoms with Crippen molar-refractivity contribution >= 4 is 17.8 Å². The summed E-state index contributed by atoms with van der Waals surface area (Å²) in [5.74, 6) is 0.722. The fourth-order valence-corrected chi connectivity index (χ4v) is 5.92. The third kappa shape index (κ3) is 7.16. The lowest BCUT2D eigenvalue weighted by Crippen LogP contribution is -2.38. The van der Waals surface area contributed by atoms with Gasteiger partial charge < -0.3 is 25.2 Å². The molecule has 1 fully saturated rings. The van der Waals surface area contributed by atoms with E-state index in [9.17, 15) is 9.90 Å². The summed E-state index contributed by atoms with van der Waals surface area (Å²) >= 11 is 1.56. The molecule has 4 atom stereocenters. The smallest absolute Gasteiger partial charge is 0.315 e. The van der Waals surface area contributed by atoms with Crippen LogP contribution in [0.25, 0.3) is 11.1 Å². The van der Waals surface area contributed by atoms with Gasteiger partial charge in [-0.05, 0) is 51.2 Å². The Morgan fingerprint density at radius 1 is 0.976 bits per heavy atom. The number of aryl methyl sites for hydroxylation is 1. The first-order valence-electron chi connectivity index (χ1n) is 14.0. The number of nitrogens with one attached hydrogen (secondary N) is 2. The number of aromatic nitrogens is 4. The molecule has 0 bridgehead atoms. The fraction of sp³-hybridized carbons (Fsp3) is 0.355. The van der Waals surface area contributed by atoms with Gasteiger partial charge in [0.15, 0.2) is 6.29 Å². The maximum absolute atomic E-state index is 11.8. The van der Waals surface area contributed by atoms with E-state index in [0.717, 1.165) is 38.5 Å². The minimum atomic E-state index is -0.561. The largest absolute Gasteiger partial charge is 0.392 e. The number of ether oxygens (including phenoxy) is 2. The van der Waals surface area contributed by atoms with Crippen LogP contribution in [-0.2, 0) is 29.7 Å². The van der Waals surface area contributed by atoms with Gasteiger partial charge in [-0.15, -0.1) is 5.10 Å². The number of benzene rings is 3. The van der Waals surface area contributed by atoms with E-state index in [1.807, 2.05) is 62.5 Å². The van der Waals surface area contributed by atoms with E-state index in [1.54, 1.807) is 16.4 Å². The second-order valence-electron chi connectivity index (χ2n) is 10.3. The summed E-state index contributed by atoms with van der Waals surface area (Å²) in [5, 5.41) is 27.6. The molecule has 0 spiro atoms. The topological polar surface area (TPSA) is 123 Å². The van der Waals surface area contributed by atoms with E-state index >= 15 is 0 Å². The molecule has 0 radical (unpaired) electrons. The molecule has 220 valence electrons. The molecule has 1 aromatic heterocycles. The zero-order chi connectivity index (χ0) is 29.5. The highest BCUT2D eigenvalue weighted by molar-refractivity contribution is 7.99. The summed E-state index contributed by atoms with van der Waals surface area (Å²) in [6.07, 6.45) is -0.885. The van der Waals surface area contributed by atoms with Crippen LogP contribution in [0.3, 0.4) is 0 Å². The van der Waals surface area contributed by atoms with Crippen molar-refractivity contribution in [2.75, 3.05) is 12.3 Å². The number of hydrogen-bond acceptors (Lipinski definition) is 8. The summed E-state index contributed by atoms with van der Waals surface area (Å²) in [4.78, 5) is 11.8. The number of thioether (sulfide) groups is 1. The molecule has 0 aliphatic carbocycles. The molecule has 4 aromatic rings. The third-order valence-electron chi connectivity index (χ3n) is 7.31. The minimum Gasteiger partial charge on any atom is -0.392 e. The molecular formula is C31H36N6O4S. The van der Waals surface area contributed by atoms with Crippen molar-refractivity contribution in [2.45, 2.75) is 50.7 Å². The molecule has 4 unspecified atom stereocenters. The second-order valence-corrected chi connectivity index (χ2v) is 11.2. The first-order chi connectivity index (χ1) is 20.4. The summed E-state index contributed by atoms with van der Waals surface area (Å²) in [6, 6.07) is 24.1. The van der Waals surface area contributed by atoms with Crippen LogP contribution >= 0.6 is 11.8 Å². The van der Waals surface area contributed by atoms with Gasteiger partial charge in [0.2, 0.25) is 5.16 Å². The Morgan fingerprint density at radius 2 is 1.74 bits per heavy atom. The lowest BCUT2D eigenvalue weighted by atomic mass is 9.91. The van der Waals surface area contributed by atoms with Crippen LogP contribution in [0.5, 0.6) is 0 Å². The second kappa shape index (κ2) is 13.9. The van der Waals surface area contributed by atoms with Crippen LogP contribution in [0, 0.1) is 5.92 Å². The highest BCUT2D eigenvalue weighted by Gasteiger charge is 2.38. The molecule has 3 N–H and O–H groups in total. The van der Waals surface area contributed by atoms with Crippen molar-refractivity contribution in [3.05, 3.63) is 95.1 Å². The molecule has 11 heteroatoms. The van der Waals surface area contributed by atoms with E-state index < -0.39 is 6.29 Å². The van der Waals surface area contributed by atoms with Gasteiger partial charge in [0.25, 0.3) is 0 Å². The van der Waals surface area contributed by atoms with Gasteiger partial charge in [0.1, 0.15) is 0 Å². The van der Waals surface area contributed by atoms with E-state index in [4.69, 9.17) is 9.47 Å². The average Bonchev–Trinajstić information content (AvgIpc) is 3.44. The van der Waals surface area contributed by atoms with Crippen molar-refractivity contribution in [2.24, 2.45) is 13.0 Å². The van der Waals surface area contributed by atoms with Gasteiger partial charge >= 0.3 is 6.03 Å². The third-order valence-corrected chi connectivity index (χ3v) is 8.41. The van der Waals surface area contributed by atoms with Crippen LogP contribution in [0.15, 0.2) is 78.0 Å². The van der Waals surface area contributed by atoms with Gasteiger partial charge in [-0.25, -0.2) is 9.48 Å². The molecule has 2 amide bonds. The number of rotatable bonds is 10. The quantitative estimate of drug-likeness (QED) is 0.226. The van der Waals surface area contributed by atoms with E-state index in [1.165, 1.54) is 0 Å². The molecule has 3 aromatic carbocycles. The predicted octanol–water partition coefficient (Wildman–Crippen LogP) is 4.77. The van der Waals surface area contributed by atoms with E-state index in [0.29, 0.717) is 18.8 Å². The number of tetrazole rings is 1. The number of amides is 2. The zero-order valence-corrected chi connectivity index (χ0v) is 24.8. The molecule has 42 heavy (non-hydrogen) atoms. The molecule has 1 aliphatic rings.